The molecule has 1 N–H and O–H groups in total. The molecule has 0 bridgehead atoms. The van der Waals surface area contributed by atoms with Crippen LogP contribution in [0, 0.1) is 23.7 Å². The highest BCUT2D eigenvalue weighted by Crippen LogP contribution is 2.48. The summed E-state index contributed by atoms with van der Waals surface area (Å²) in [6.07, 6.45) is 3.59. The first kappa shape index (κ1) is 12.8. The van der Waals surface area contributed by atoms with Gasteiger partial charge in [-0.1, -0.05) is 0 Å². The van der Waals surface area contributed by atoms with E-state index in [9.17, 15) is 0 Å². The van der Waals surface area contributed by atoms with Crippen LogP contribution in [0.15, 0.2) is 12.1 Å². The SMILES string of the molecule is COCCC1(CNc2cc(C#N)cc(C)n2)CC1. The lowest BCUT2D eigenvalue weighted by molar-refractivity contribution is 0.175. The maximum atomic E-state index is 8.92. The molecule has 0 saturated heterocycles. The number of nitrogens with one attached hydrogen (secondary N) is 1. The Bertz CT molecular complexity index is 461. The van der Waals surface area contributed by atoms with E-state index in [1.807, 2.05) is 6.92 Å². The number of nitrogens with zero attached hydrogens (tertiary/aromatic N) is 2. The Labute approximate surface area is 108 Å². The van der Waals surface area contributed by atoms with Crippen LogP contribution < -0.4 is 5.32 Å². The Kier molecular flexibility index (Phi) is 3.83. The summed E-state index contributed by atoms with van der Waals surface area (Å²) in [6, 6.07) is 5.75. The van der Waals surface area contributed by atoms with Crippen LogP contribution in [-0.4, -0.2) is 25.2 Å². The van der Waals surface area contributed by atoms with Gasteiger partial charge in [-0.25, -0.2) is 4.98 Å². The number of nitriles is 1. The molecular formula is C14H19N3O. The molecule has 0 amide bonds. The lowest BCUT2D eigenvalue weighted by Crippen LogP contribution is -2.18. The molecule has 1 aromatic rings. The Balaban J connectivity index is 1.94. The van der Waals surface area contributed by atoms with Crippen molar-refractivity contribution in [2.75, 3.05) is 25.6 Å². The topological polar surface area (TPSA) is 57.9 Å². The van der Waals surface area contributed by atoms with E-state index >= 15 is 0 Å². The van der Waals surface area contributed by atoms with Crippen LogP contribution >= 0.6 is 0 Å². The van der Waals surface area contributed by atoms with Crippen molar-refractivity contribution in [2.24, 2.45) is 5.41 Å². The zero-order valence-electron chi connectivity index (χ0n) is 11.0. The second kappa shape index (κ2) is 5.36. The van der Waals surface area contributed by atoms with Gasteiger partial charge in [0.1, 0.15) is 5.82 Å². The highest BCUT2D eigenvalue weighted by molar-refractivity contribution is 5.44. The Morgan fingerprint density at radius 2 is 2.28 bits per heavy atom. The van der Waals surface area contributed by atoms with Crippen molar-refractivity contribution in [1.29, 1.82) is 5.26 Å². The Hall–Kier alpha value is -1.60. The molecule has 1 aliphatic carbocycles. The standard InChI is InChI=1S/C14H19N3O/c1-11-7-12(9-15)8-13(17-11)16-10-14(3-4-14)5-6-18-2/h7-8H,3-6,10H2,1-2H3,(H,16,17). The van der Waals surface area contributed by atoms with E-state index in [2.05, 4.69) is 16.4 Å². The van der Waals surface area contributed by atoms with Crippen LogP contribution in [0.2, 0.25) is 0 Å². The first-order valence-electron chi connectivity index (χ1n) is 6.29. The van der Waals surface area contributed by atoms with Crippen LogP contribution in [0.25, 0.3) is 0 Å². The first-order valence-corrected chi connectivity index (χ1v) is 6.29. The third-order valence-corrected chi connectivity index (χ3v) is 3.52. The average molecular weight is 245 g/mol. The Morgan fingerprint density at radius 3 is 2.89 bits per heavy atom. The molecule has 18 heavy (non-hydrogen) atoms. The molecule has 2 rings (SSSR count). The van der Waals surface area contributed by atoms with Gasteiger partial charge in [-0.3, -0.25) is 0 Å². The van der Waals surface area contributed by atoms with Gasteiger partial charge in [-0.15, -0.1) is 0 Å². The second-order valence-corrected chi connectivity index (χ2v) is 5.09. The molecule has 0 radical (unpaired) electrons. The zero-order valence-corrected chi connectivity index (χ0v) is 11.0. The number of hydrogen-bond donors (Lipinski definition) is 1. The van der Waals surface area contributed by atoms with E-state index in [1.54, 1.807) is 19.2 Å². The number of methoxy groups -OCH3 is 1. The third kappa shape index (κ3) is 3.21. The highest BCUT2D eigenvalue weighted by Gasteiger charge is 2.41. The highest BCUT2D eigenvalue weighted by atomic mass is 16.5. The molecule has 0 spiro atoms. The minimum absolute atomic E-state index is 0.383. The van der Waals surface area contributed by atoms with Crippen LogP contribution in [0.3, 0.4) is 0 Å². The fourth-order valence-corrected chi connectivity index (χ4v) is 2.11. The molecule has 1 fully saturated rings. The summed E-state index contributed by atoms with van der Waals surface area (Å²) in [6.45, 7) is 3.63. The first-order chi connectivity index (χ1) is 8.67. The minimum Gasteiger partial charge on any atom is -0.385 e. The summed E-state index contributed by atoms with van der Waals surface area (Å²) in [5.74, 6) is 0.801. The van der Waals surface area contributed by atoms with Crippen molar-refractivity contribution in [2.45, 2.75) is 26.2 Å². The summed E-state index contributed by atoms with van der Waals surface area (Å²) in [5.41, 5.74) is 1.92. The number of hydrogen-bond acceptors (Lipinski definition) is 4. The smallest absolute Gasteiger partial charge is 0.127 e. The summed E-state index contributed by atoms with van der Waals surface area (Å²) >= 11 is 0. The number of rotatable bonds is 6. The van der Waals surface area contributed by atoms with Gasteiger partial charge in [0.15, 0.2) is 0 Å². The molecule has 0 atom stereocenters. The van der Waals surface area contributed by atoms with Crippen molar-refractivity contribution in [3.63, 3.8) is 0 Å². The molecule has 0 aromatic carbocycles. The van der Waals surface area contributed by atoms with E-state index in [0.717, 1.165) is 31.1 Å². The molecule has 1 saturated carbocycles. The van der Waals surface area contributed by atoms with Crippen LogP contribution in [-0.2, 0) is 4.74 Å². The summed E-state index contributed by atoms with van der Waals surface area (Å²) in [4.78, 5) is 4.40. The number of ether oxygens (including phenoxy) is 1. The molecule has 1 aromatic heterocycles. The zero-order chi connectivity index (χ0) is 13.0. The molecule has 1 aliphatic rings. The average Bonchev–Trinajstić information content (AvgIpc) is 3.14. The predicted molar refractivity (Wildman–Crippen MR) is 70.3 cm³/mol. The second-order valence-electron chi connectivity index (χ2n) is 5.09. The van der Waals surface area contributed by atoms with E-state index in [-0.39, 0.29) is 0 Å². The van der Waals surface area contributed by atoms with Gasteiger partial charge < -0.3 is 10.1 Å². The van der Waals surface area contributed by atoms with Crippen molar-refractivity contribution in [3.05, 3.63) is 23.4 Å². The summed E-state index contributed by atoms with van der Waals surface area (Å²) < 4.78 is 5.14. The number of aromatic nitrogens is 1. The molecule has 0 unspecified atom stereocenters. The minimum atomic E-state index is 0.383. The normalized spacial score (nSPS) is 16.1. The predicted octanol–water partition coefficient (Wildman–Crippen LogP) is 2.49. The lowest BCUT2D eigenvalue weighted by Gasteiger charge is -2.16. The fraction of sp³-hybridized carbons (Fsp3) is 0.571. The van der Waals surface area contributed by atoms with Crippen molar-refractivity contribution in [1.82, 2.24) is 4.98 Å². The van der Waals surface area contributed by atoms with Gasteiger partial charge in [0.25, 0.3) is 0 Å². The van der Waals surface area contributed by atoms with Crippen LogP contribution in [0.5, 0.6) is 0 Å². The Morgan fingerprint density at radius 1 is 1.50 bits per heavy atom. The van der Waals surface area contributed by atoms with Gasteiger partial charge in [-0.05, 0) is 43.7 Å². The molecular weight excluding hydrogens is 226 g/mol. The molecule has 4 nitrogen and oxygen atoms in total. The van der Waals surface area contributed by atoms with Crippen LogP contribution in [0.1, 0.15) is 30.5 Å². The van der Waals surface area contributed by atoms with E-state index in [4.69, 9.17) is 10.00 Å². The van der Waals surface area contributed by atoms with Gasteiger partial charge in [0, 0.05) is 26.0 Å². The van der Waals surface area contributed by atoms with Gasteiger partial charge in [0.05, 0.1) is 11.6 Å². The van der Waals surface area contributed by atoms with Crippen molar-refractivity contribution < 1.29 is 4.74 Å². The van der Waals surface area contributed by atoms with Gasteiger partial charge in [0.2, 0.25) is 0 Å². The third-order valence-electron chi connectivity index (χ3n) is 3.52. The monoisotopic (exact) mass is 245 g/mol. The maximum absolute atomic E-state index is 8.92. The van der Waals surface area contributed by atoms with Crippen molar-refractivity contribution in [3.8, 4) is 6.07 Å². The quantitative estimate of drug-likeness (QED) is 0.836. The summed E-state index contributed by atoms with van der Waals surface area (Å²) in [7, 11) is 1.74. The number of anilines is 1. The molecule has 0 aliphatic heterocycles. The lowest BCUT2D eigenvalue weighted by atomic mass is 10.0. The van der Waals surface area contributed by atoms with E-state index in [0.29, 0.717) is 11.0 Å². The van der Waals surface area contributed by atoms with Gasteiger partial charge in [-0.2, -0.15) is 5.26 Å². The fourth-order valence-electron chi connectivity index (χ4n) is 2.11. The van der Waals surface area contributed by atoms with E-state index in [1.165, 1.54) is 12.8 Å². The number of pyridine rings is 1. The number of aryl methyl sites for hydroxylation is 1. The van der Waals surface area contributed by atoms with Crippen molar-refractivity contribution >= 4 is 5.82 Å². The van der Waals surface area contributed by atoms with Gasteiger partial charge >= 0.3 is 0 Å². The summed E-state index contributed by atoms with van der Waals surface area (Å²) in [5, 5.41) is 12.3. The largest absolute Gasteiger partial charge is 0.385 e. The molecule has 4 heteroatoms. The van der Waals surface area contributed by atoms with Crippen LogP contribution in [0.4, 0.5) is 5.82 Å². The molecule has 1 heterocycles. The van der Waals surface area contributed by atoms with E-state index < -0.39 is 0 Å². The molecule has 96 valence electrons. The maximum Gasteiger partial charge on any atom is 0.127 e.